The minimum atomic E-state index is -0.215. The topological polar surface area (TPSA) is 49.6 Å². The maximum atomic E-state index is 12.9. The van der Waals surface area contributed by atoms with E-state index in [4.69, 9.17) is 5.73 Å². The van der Waals surface area contributed by atoms with Crippen LogP contribution in [0.5, 0.6) is 0 Å². The molecule has 0 aliphatic carbocycles. The van der Waals surface area contributed by atoms with E-state index < -0.39 is 0 Å². The molecular weight excluding hydrogens is 293 g/mol. The number of carbonyl (C=O) groups excluding carboxylic acids is 1. The minimum absolute atomic E-state index is 0.0476. The zero-order chi connectivity index (χ0) is 16.2. The van der Waals surface area contributed by atoms with Gasteiger partial charge in [-0.05, 0) is 42.0 Å². The maximum Gasteiger partial charge on any atom is 0.253 e. The summed E-state index contributed by atoms with van der Waals surface area (Å²) in [7, 11) is 0. The van der Waals surface area contributed by atoms with E-state index in [1.54, 1.807) is 36.4 Å². The second-order valence-electron chi connectivity index (χ2n) is 5.82. The van der Waals surface area contributed by atoms with Crippen LogP contribution in [-0.4, -0.2) is 41.9 Å². The van der Waals surface area contributed by atoms with E-state index in [2.05, 4.69) is 4.90 Å². The average molecular weight is 313 g/mol. The van der Waals surface area contributed by atoms with Gasteiger partial charge >= 0.3 is 0 Å². The molecule has 5 heteroatoms. The predicted octanol–water partition coefficient (Wildman–Crippen LogP) is 2.37. The van der Waals surface area contributed by atoms with Gasteiger partial charge in [0.1, 0.15) is 5.82 Å². The Balaban J connectivity index is 1.54. The van der Waals surface area contributed by atoms with E-state index in [9.17, 15) is 9.18 Å². The zero-order valence-electron chi connectivity index (χ0n) is 12.9. The fourth-order valence-electron chi connectivity index (χ4n) is 2.77. The number of nitrogen functional groups attached to an aromatic ring is 1. The van der Waals surface area contributed by atoms with Crippen molar-refractivity contribution < 1.29 is 9.18 Å². The number of carbonyl (C=O) groups is 1. The van der Waals surface area contributed by atoms with Crippen LogP contribution in [0.15, 0.2) is 48.5 Å². The molecule has 0 spiro atoms. The lowest BCUT2D eigenvalue weighted by Gasteiger charge is -2.34. The van der Waals surface area contributed by atoms with Gasteiger partial charge in [0.2, 0.25) is 0 Å². The van der Waals surface area contributed by atoms with Gasteiger partial charge in [0.05, 0.1) is 0 Å². The van der Waals surface area contributed by atoms with Crippen LogP contribution in [0.25, 0.3) is 0 Å². The molecule has 3 rings (SSSR count). The Kier molecular flexibility index (Phi) is 4.57. The fourth-order valence-corrected chi connectivity index (χ4v) is 2.77. The largest absolute Gasteiger partial charge is 0.399 e. The summed E-state index contributed by atoms with van der Waals surface area (Å²) in [6.07, 6.45) is 0. The molecule has 120 valence electrons. The molecule has 1 aliphatic rings. The molecule has 2 aromatic carbocycles. The smallest absolute Gasteiger partial charge is 0.253 e. The van der Waals surface area contributed by atoms with Crippen molar-refractivity contribution in [1.29, 1.82) is 0 Å². The highest BCUT2D eigenvalue weighted by Gasteiger charge is 2.22. The molecule has 4 nitrogen and oxygen atoms in total. The standard InChI is InChI=1S/C18H20FN3O/c19-16-5-1-14(2-6-16)13-21-9-11-22(12-10-21)18(23)15-3-7-17(20)8-4-15/h1-8H,9-13,20H2. The SMILES string of the molecule is Nc1ccc(C(=O)N2CCN(Cc3ccc(F)cc3)CC2)cc1. The lowest BCUT2D eigenvalue weighted by Crippen LogP contribution is -2.48. The molecule has 1 fully saturated rings. The third kappa shape index (κ3) is 3.87. The molecule has 2 N–H and O–H groups in total. The first kappa shape index (κ1) is 15.5. The Labute approximate surface area is 135 Å². The molecule has 23 heavy (non-hydrogen) atoms. The summed E-state index contributed by atoms with van der Waals surface area (Å²) in [6.45, 7) is 3.81. The van der Waals surface area contributed by atoms with Crippen molar-refractivity contribution in [3.8, 4) is 0 Å². The summed E-state index contributed by atoms with van der Waals surface area (Å²) in [4.78, 5) is 16.6. The molecule has 0 radical (unpaired) electrons. The molecule has 0 unspecified atom stereocenters. The van der Waals surface area contributed by atoms with Gasteiger partial charge in [-0.2, -0.15) is 0 Å². The first-order valence-electron chi connectivity index (χ1n) is 7.73. The number of hydrogen-bond acceptors (Lipinski definition) is 3. The van der Waals surface area contributed by atoms with Crippen LogP contribution in [0.4, 0.5) is 10.1 Å². The highest BCUT2D eigenvalue weighted by Crippen LogP contribution is 2.13. The van der Waals surface area contributed by atoms with E-state index in [1.807, 2.05) is 4.90 Å². The van der Waals surface area contributed by atoms with E-state index in [-0.39, 0.29) is 11.7 Å². The van der Waals surface area contributed by atoms with Gasteiger partial charge in [-0.15, -0.1) is 0 Å². The number of hydrogen-bond donors (Lipinski definition) is 1. The normalized spacial score (nSPS) is 15.6. The highest BCUT2D eigenvalue weighted by molar-refractivity contribution is 5.94. The molecule has 0 aromatic heterocycles. The molecule has 1 aliphatic heterocycles. The summed E-state index contributed by atoms with van der Waals surface area (Å²) < 4.78 is 12.9. The molecule has 1 saturated heterocycles. The first-order chi connectivity index (χ1) is 11.1. The minimum Gasteiger partial charge on any atom is -0.399 e. The Morgan fingerprint density at radius 1 is 0.957 bits per heavy atom. The molecule has 2 aromatic rings. The van der Waals surface area contributed by atoms with E-state index >= 15 is 0 Å². The van der Waals surface area contributed by atoms with E-state index in [0.717, 1.165) is 25.2 Å². The van der Waals surface area contributed by atoms with Crippen LogP contribution < -0.4 is 5.73 Å². The van der Waals surface area contributed by atoms with Gasteiger partial charge in [0.25, 0.3) is 5.91 Å². The number of anilines is 1. The number of nitrogens with two attached hydrogens (primary N) is 1. The zero-order valence-corrected chi connectivity index (χ0v) is 12.9. The van der Waals surface area contributed by atoms with Gasteiger partial charge in [0.15, 0.2) is 0 Å². The lowest BCUT2D eigenvalue weighted by molar-refractivity contribution is 0.0628. The number of piperazine rings is 1. The number of amides is 1. The number of halogens is 1. The van der Waals surface area contributed by atoms with E-state index in [1.165, 1.54) is 12.1 Å². The van der Waals surface area contributed by atoms with Gasteiger partial charge in [0, 0.05) is 44.0 Å². The molecule has 0 bridgehead atoms. The summed E-state index contributed by atoms with van der Waals surface area (Å²) in [6, 6.07) is 13.6. The van der Waals surface area contributed by atoms with Crippen molar-refractivity contribution in [1.82, 2.24) is 9.80 Å². The number of benzene rings is 2. The second-order valence-corrected chi connectivity index (χ2v) is 5.82. The molecule has 1 heterocycles. The highest BCUT2D eigenvalue weighted by atomic mass is 19.1. The van der Waals surface area contributed by atoms with Gasteiger partial charge < -0.3 is 10.6 Å². The van der Waals surface area contributed by atoms with Gasteiger partial charge in [-0.1, -0.05) is 12.1 Å². The quantitative estimate of drug-likeness (QED) is 0.885. The fraction of sp³-hybridized carbons (Fsp3) is 0.278. The number of rotatable bonds is 3. The van der Waals surface area contributed by atoms with Crippen LogP contribution in [-0.2, 0) is 6.54 Å². The Bertz CT molecular complexity index is 662. The molecule has 0 atom stereocenters. The van der Waals surface area contributed by atoms with Crippen LogP contribution in [0.1, 0.15) is 15.9 Å². The van der Waals surface area contributed by atoms with Gasteiger partial charge in [-0.25, -0.2) is 4.39 Å². The van der Waals surface area contributed by atoms with Crippen molar-refractivity contribution in [2.24, 2.45) is 0 Å². The van der Waals surface area contributed by atoms with E-state index in [0.29, 0.717) is 24.3 Å². The Hall–Kier alpha value is -2.40. The Morgan fingerprint density at radius 2 is 1.57 bits per heavy atom. The van der Waals surface area contributed by atoms with Crippen molar-refractivity contribution in [3.05, 3.63) is 65.5 Å². The van der Waals surface area contributed by atoms with Crippen molar-refractivity contribution >= 4 is 11.6 Å². The van der Waals surface area contributed by atoms with Crippen LogP contribution in [0, 0.1) is 5.82 Å². The monoisotopic (exact) mass is 313 g/mol. The maximum absolute atomic E-state index is 12.9. The summed E-state index contributed by atoms with van der Waals surface area (Å²) in [5, 5.41) is 0. The number of nitrogens with zero attached hydrogens (tertiary/aromatic N) is 2. The second kappa shape index (κ2) is 6.79. The van der Waals surface area contributed by atoms with Crippen molar-refractivity contribution in [2.75, 3.05) is 31.9 Å². The lowest BCUT2D eigenvalue weighted by atomic mass is 10.1. The molecule has 0 saturated carbocycles. The summed E-state index contributed by atoms with van der Waals surface area (Å²) in [5.41, 5.74) is 8.07. The molecule has 1 amide bonds. The molecular formula is C18H20FN3O. The summed E-state index contributed by atoms with van der Waals surface area (Å²) in [5.74, 6) is -0.168. The van der Waals surface area contributed by atoms with Gasteiger partial charge in [-0.3, -0.25) is 9.69 Å². The van der Waals surface area contributed by atoms with Crippen molar-refractivity contribution in [2.45, 2.75) is 6.54 Å². The van der Waals surface area contributed by atoms with Crippen molar-refractivity contribution in [3.63, 3.8) is 0 Å². The van der Waals surface area contributed by atoms with Crippen LogP contribution in [0.3, 0.4) is 0 Å². The third-order valence-corrected chi connectivity index (χ3v) is 4.14. The summed E-state index contributed by atoms with van der Waals surface area (Å²) >= 11 is 0. The predicted molar refractivity (Wildman–Crippen MR) is 88.4 cm³/mol. The first-order valence-corrected chi connectivity index (χ1v) is 7.73. The average Bonchev–Trinajstić information content (AvgIpc) is 2.58. The van der Waals surface area contributed by atoms with Crippen LogP contribution in [0.2, 0.25) is 0 Å². The third-order valence-electron chi connectivity index (χ3n) is 4.14. The Morgan fingerprint density at radius 3 is 2.17 bits per heavy atom. The van der Waals surface area contributed by atoms with Crippen LogP contribution >= 0.6 is 0 Å².